The molecule has 0 bridgehead atoms. The molecule has 2 amide bonds. The number of unbranched alkanes of at least 4 members (excludes halogenated alkanes) is 1. The van der Waals surface area contributed by atoms with Crippen molar-refractivity contribution in [2.45, 2.75) is 45.1 Å². The molecule has 9 nitrogen and oxygen atoms in total. The quantitative estimate of drug-likeness (QED) is 0.275. The van der Waals surface area contributed by atoms with E-state index in [-0.39, 0.29) is 5.91 Å². The average Bonchev–Trinajstić information content (AvgIpc) is 3.37. The van der Waals surface area contributed by atoms with Gasteiger partial charge in [0, 0.05) is 18.7 Å². The van der Waals surface area contributed by atoms with Gasteiger partial charge in [-0.3, -0.25) is 9.59 Å². The Morgan fingerprint density at radius 3 is 2.30 bits per heavy atom. The van der Waals surface area contributed by atoms with Gasteiger partial charge in [-0.2, -0.15) is 0 Å². The molecular formula is C22H27B2N3O6. The molecule has 0 radical (unpaired) electrons. The summed E-state index contributed by atoms with van der Waals surface area (Å²) in [4.78, 5) is 26.3. The van der Waals surface area contributed by atoms with Gasteiger partial charge in [-0.1, -0.05) is 24.3 Å². The van der Waals surface area contributed by atoms with Crippen LogP contribution in [-0.4, -0.2) is 53.6 Å². The first-order chi connectivity index (χ1) is 15.8. The molecule has 0 saturated carbocycles. The lowest BCUT2D eigenvalue weighted by atomic mass is 9.78. The second kappa shape index (κ2) is 10.1. The largest absolute Gasteiger partial charge is 0.491 e. The summed E-state index contributed by atoms with van der Waals surface area (Å²) in [5, 5.41) is 20.0. The maximum absolute atomic E-state index is 13.4. The van der Waals surface area contributed by atoms with Crippen molar-refractivity contribution in [2.75, 3.05) is 6.54 Å². The zero-order chi connectivity index (χ0) is 23.5. The summed E-state index contributed by atoms with van der Waals surface area (Å²) in [5.74, 6) is -0.728. The molecule has 2 aliphatic heterocycles. The van der Waals surface area contributed by atoms with Crippen molar-refractivity contribution in [3.63, 3.8) is 0 Å². The second-order valence-electron chi connectivity index (χ2n) is 8.50. The van der Waals surface area contributed by atoms with Crippen molar-refractivity contribution < 1.29 is 28.9 Å². The minimum atomic E-state index is -1.03. The molecular weight excluding hydrogens is 424 g/mol. The number of amides is 2. The molecule has 11 heteroatoms. The number of primary amides is 1. The van der Waals surface area contributed by atoms with Crippen LogP contribution in [0.5, 0.6) is 0 Å². The molecule has 4 rings (SSSR count). The molecule has 0 aromatic heterocycles. The van der Waals surface area contributed by atoms with Crippen LogP contribution in [0.1, 0.15) is 46.3 Å². The van der Waals surface area contributed by atoms with Gasteiger partial charge in [-0.25, -0.2) is 0 Å². The van der Waals surface area contributed by atoms with Gasteiger partial charge >= 0.3 is 14.2 Å². The lowest BCUT2D eigenvalue weighted by Gasteiger charge is -2.24. The van der Waals surface area contributed by atoms with Crippen molar-refractivity contribution in [1.82, 2.24) is 4.90 Å². The van der Waals surface area contributed by atoms with Gasteiger partial charge in [0.15, 0.2) is 0 Å². The maximum atomic E-state index is 13.4. The number of fused-ring (bicyclic) bond motifs is 2. The van der Waals surface area contributed by atoms with Crippen LogP contribution in [-0.2, 0) is 33.9 Å². The Hall–Kier alpha value is -2.69. The topological polar surface area (TPSA) is 148 Å². The minimum Gasteiger partial charge on any atom is -0.423 e. The fourth-order valence-corrected chi connectivity index (χ4v) is 4.17. The van der Waals surface area contributed by atoms with Crippen LogP contribution < -0.4 is 22.4 Å². The molecule has 172 valence electrons. The predicted octanol–water partition coefficient (Wildman–Crippen LogP) is -1.25. The van der Waals surface area contributed by atoms with Gasteiger partial charge in [-0.15, -0.1) is 0 Å². The summed E-state index contributed by atoms with van der Waals surface area (Å²) in [6, 6.07) is 10.2. The summed E-state index contributed by atoms with van der Waals surface area (Å²) < 4.78 is 10.5. The Labute approximate surface area is 192 Å². The number of benzene rings is 2. The Balaban J connectivity index is 1.51. The number of nitrogens with two attached hydrogens (primary N) is 2. The molecule has 6 N–H and O–H groups in total. The van der Waals surface area contributed by atoms with E-state index in [1.54, 1.807) is 23.1 Å². The Morgan fingerprint density at radius 2 is 1.64 bits per heavy atom. The zero-order valence-corrected chi connectivity index (χ0v) is 18.3. The summed E-state index contributed by atoms with van der Waals surface area (Å²) in [5.41, 5.74) is 15.4. The Bertz CT molecular complexity index is 1050. The summed E-state index contributed by atoms with van der Waals surface area (Å²) >= 11 is 0. The van der Waals surface area contributed by atoms with E-state index in [2.05, 4.69) is 0 Å². The third-order valence-electron chi connectivity index (χ3n) is 6.15. The predicted molar refractivity (Wildman–Crippen MR) is 123 cm³/mol. The zero-order valence-electron chi connectivity index (χ0n) is 18.3. The SMILES string of the molecule is NC(=O)[C@@H](N)CCCCN(Cc1ccc2c(c1)B(O)OC2)C(=O)c1ccc2c(c1)B(O)OC2. The summed E-state index contributed by atoms with van der Waals surface area (Å²) in [6.07, 6.45) is 1.73. The molecule has 33 heavy (non-hydrogen) atoms. The second-order valence-corrected chi connectivity index (χ2v) is 8.50. The van der Waals surface area contributed by atoms with Crippen molar-refractivity contribution in [3.05, 3.63) is 58.7 Å². The fraction of sp³-hybridized carbons (Fsp3) is 0.364. The molecule has 0 spiro atoms. The highest BCUT2D eigenvalue weighted by Crippen LogP contribution is 2.17. The standard InChI is InChI=1S/C22H27B2N3O6/c25-20(21(26)28)3-1-2-8-27(11-14-4-5-16-12-32-23(30)18(16)9-14)22(29)15-6-7-17-13-33-24(31)19(17)10-15/h4-7,9-10,20,30-31H,1-3,8,11-13,25H2,(H2,26,28)/t20-/m0/s1. The van der Waals surface area contributed by atoms with Gasteiger partial charge in [0.05, 0.1) is 19.3 Å². The first-order valence-electron chi connectivity index (χ1n) is 11.0. The molecule has 0 aliphatic carbocycles. The highest BCUT2D eigenvalue weighted by atomic mass is 16.5. The van der Waals surface area contributed by atoms with E-state index >= 15 is 0 Å². The van der Waals surface area contributed by atoms with Crippen molar-refractivity contribution in [3.8, 4) is 0 Å². The van der Waals surface area contributed by atoms with Gasteiger partial charge in [0.2, 0.25) is 5.91 Å². The van der Waals surface area contributed by atoms with E-state index < -0.39 is 26.2 Å². The molecule has 0 fully saturated rings. The van der Waals surface area contributed by atoms with Crippen molar-refractivity contribution in [1.29, 1.82) is 0 Å². The number of carbonyl (C=O) groups excluding carboxylic acids is 2. The van der Waals surface area contributed by atoms with Crippen LogP contribution in [0.25, 0.3) is 0 Å². The minimum absolute atomic E-state index is 0.187. The van der Waals surface area contributed by atoms with E-state index in [1.165, 1.54) is 0 Å². The monoisotopic (exact) mass is 451 g/mol. The third-order valence-corrected chi connectivity index (χ3v) is 6.15. The average molecular weight is 451 g/mol. The molecule has 0 unspecified atom stereocenters. The molecule has 2 heterocycles. The van der Waals surface area contributed by atoms with E-state index in [0.717, 1.165) is 16.7 Å². The smallest absolute Gasteiger partial charge is 0.423 e. The highest BCUT2D eigenvalue weighted by Gasteiger charge is 2.30. The fourth-order valence-electron chi connectivity index (χ4n) is 4.17. The Kier molecular flexibility index (Phi) is 7.16. The third kappa shape index (κ3) is 5.29. The first kappa shape index (κ1) is 23.5. The van der Waals surface area contributed by atoms with Crippen molar-refractivity contribution >= 4 is 37.0 Å². The lowest BCUT2D eigenvalue weighted by Crippen LogP contribution is -2.37. The van der Waals surface area contributed by atoms with Crippen LogP contribution in [0.3, 0.4) is 0 Å². The first-order valence-corrected chi connectivity index (χ1v) is 11.0. The Morgan fingerprint density at radius 1 is 1.00 bits per heavy atom. The van der Waals surface area contributed by atoms with Gasteiger partial charge < -0.3 is 35.7 Å². The van der Waals surface area contributed by atoms with Crippen LogP contribution in [0, 0.1) is 0 Å². The summed E-state index contributed by atoms with van der Waals surface area (Å²) in [6.45, 7) is 1.45. The van der Waals surface area contributed by atoms with E-state index in [4.69, 9.17) is 20.8 Å². The number of carbonyl (C=O) groups is 2. The number of nitrogens with zero attached hydrogens (tertiary/aromatic N) is 1. The van der Waals surface area contributed by atoms with E-state index in [0.29, 0.717) is 62.1 Å². The van der Waals surface area contributed by atoms with Crippen molar-refractivity contribution in [2.24, 2.45) is 11.5 Å². The van der Waals surface area contributed by atoms with Crippen LogP contribution in [0.2, 0.25) is 0 Å². The van der Waals surface area contributed by atoms with Gasteiger partial charge in [-0.05, 0) is 59.0 Å². The van der Waals surface area contributed by atoms with Crippen LogP contribution in [0.15, 0.2) is 36.4 Å². The molecule has 1 atom stereocenters. The lowest BCUT2D eigenvalue weighted by molar-refractivity contribution is -0.119. The van der Waals surface area contributed by atoms with E-state index in [9.17, 15) is 19.6 Å². The number of hydrogen-bond acceptors (Lipinski definition) is 7. The molecule has 2 aromatic rings. The normalized spacial score (nSPS) is 15.4. The number of hydrogen-bond donors (Lipinski definition) is 4. The number of rotatable bonds is 9. The van der Waals surface area contributed by atoms with Gasteiger partial charge in [0.25, 0.3) is 5.91 Å². The van der Waals surface area contributed by atoms with Gasteiger partial charge in [0.1, 0.15) is 0 Å². The van der Waals surface area contributed by atoms with E-state index in [1.807, 2.05) is 18.2 Å². The maximum Gasteiger partial charge on any atom is 0.491 e. The molecule has 0 saturated heterocycles. The van der Waals surface area contributed by atoms with Crippen LogP contribution in [0.4, 0.5) is 0 Å². The molecule has 2 aromatic carbocycles. The summed E-state index contributed by atoms with van der Waals surface area (Å²) in [7, 11) is -1.99. The molecule has 2 aliphatic rings. The van der Waals surface area contributed by atoms with Crippen LogP contribution >= 0.6 is 0 Å². The highest BCUT2D eigenvalue weighted by molar-refractivity contribution is 6.62.